The smallest absolute Gasteiger partial charge is 0.431 e. The van der Waals surface area contributed by atoms with Gasteiger partial charge in [-0.1, -0.05) is 30.3 Å². The number of aliphatic carboxylic acids is 3. The number of benzene rings is 1. The van der Waals surface area contributed by atoms with Crippen molar-refractivity contribution in [1.29, 1.82) is 0 Å². The van der Waals surface area contributed by atoms with Gasteiger partial charge in [0, 0.05) is 32.6 Å². The van der Waals surface area contributed by atoms with Crippen LogP contribution >= 0.6 is 0 Å². The molecule has 22 heteroatoms. The minimum absolute atomic E-state index is 0.0415. The van der Waals surface area contributed by atoms with E-state index < -0.39 is 71.8 Å². The average molecular weight is 733 g/mol. The molecule has 10 N–H and O–H groups in total. The van der Waals surface area contributed by atoms with Crippen LogP contribution in [0, 0.1) is 0 Å². The second-order valence-electron chi connectivity index (χ2n) is 11.3. The number of hydrogen-bond acceptors (Lipinski definition) is 10. The fourth-order valence-corrected chi connectivity index (χ4v) is 4.46. The number of nitrogens with zero attached hydrogens (tertiary/aromatic N) is 1. The molecule has 282 valence electrons. The van der Waals surface area contributed by atoms with Crippen LogP contribution in [0.2, 0.25) is 0 Å². The van der Waals surface area contributed by atoms with E-state index in [1.807, 2.05) is 35.6 Å². The van der Waals surface area contributed by atoms with E-state index in [0.717, 1.165) is 5.56 Å². The molecule has 3 saturated heterocycles. The predicted octanol–water partition coefficient (Wildman–Crippen LogP) is 1.97. The maximum atomic E-state index is 13.0. The van der Waals surface area contributed by atoms with E-state index in [-0.39, 0.29) is 45.1 Å². The molecule has 1 aromatic rings. The van der Waals surface area contributed by atoms with Gasteiger partial charge in [-0.3, -0.25) is 15.0 Å². The molecular formula is C27H37F9N4O9. The number of hydrogen-bond donors (Lipinski definition) is 8. The molecule has 3 aliphatic heterocycles. The maximum absolute atomic E-state index is 13.0. The summed E-state index contributed by atoms with van der Waals surface area (Å²) in [6.45, 7) is 0.904. The fraction of sp³-hybridized carbons (Fsp3) is 0.667. The Bertz CT molecular complexity index is 1260. The van der Waals surface area contributed by atoms with Crippen molar-refractivity contribution in [2.45, 2.75) is 79.5 Å². The van der Waals surface area contributed by atoms with Crippen molar-refractivity contribution in [3.63, 3.8) is 0 Å². The highest BCUT2D eigenvalue weighted by atomic mass is 19.4. The van der Waals surface area contributed by atoms with Crippen LogP contribution in [0.4, 0.5) is 39.5 Å². The number of carboxylic acid groups (broad SMARTS) is 3. The molecule has 4 rings (SSSR count). The lowest BCUT2D eigenvalue weighted by atomic mass is 9.87. The standard InChI is InChI=1S/C12H12F3NO.C5H8F3NO3.C5H6F3NO2.C5H11NO3/c13-12(14,15)11-6-7-16(11)10(8-17-11)9-4-2-1-3-5-9;6-5(7,8)4(9,1-2-10)3(11)12;6-5(7,8)4(3(10)11)1-2-9-4;1-5(6,2-3-7)4(8)9/h1-5,10H,6-8H2;10H,1-2,9H2,(H,11,12);9H,1-2H2,(H,10,11);7H,2-3,6H2,1H3,(H,8,9)/t10-,11?;2*4-;5-/m0011/s1. The summed E-state index contributed by atoms with van der Waals surface area (Å²) in [6, 6.07) is 8.95. The van der Waals surface area contributed by atoms with Crippen LogP contribution in [0.1, 0.15) is 44.2 Å². The Morgan fingerprint density at radius 1 is 0.878 bits per heavy atom. The molecule has 0 radical (unpaired) electrons. The second kappa shape index (κ2) is 16.2. The Labute approximate surface area is 272 Å². The van der Waals surface area contributed by atoms with Gasteiger partial charge in [0.25, 0.3) is 0 Å². The topological polar surface area (TPSA) is 229 Å². The first kappa shape index (κ1) is 43.7. The van der Waals surface area contributed by atoms with Gasteiger partial charge < -0.3 is 41.7 Å². The summed E-state index contributed by atoms with van der Waals surface area (Å²) in [7, 11) is 0. The molecule has 0 amide bonds. The van der Waals surface area contributed by atoms with Crippen molar-refractivity contribution < 1.29 is 84.2 Å². The number of carboxylic acids is 3. The number of aliphatic hydroxyl groups excluding tert-OH is 2. The van der Waals surface area contributed by atoms with Crippen molar-refractivity contribution in [2.75, 3.05) is 32.9 Å². The van der Waals surface area contributed by atoms with E-state index in [0.29, 0.717) is 6.54 Å². The minimum Gasteiger partial charge on any atom is -0.480 e. The lowest BCUT2D eigenvalue weighted by Gasteiger charge is -2.48. The lowest BCUT2D eigenvalue weighted by molar-refractivity contribution is -0.339. The van der Waals surface area contributed by atoms with Gasteiger partial charge in [-0.15, -0.1) is 0 Å². The number of aliphatic hydroxyl groups is 2. The normalized spacial score (nSPS) is 25.8. The first-order valence-electron chi connectivity index (χ1n) is 14.1. The van der Waals surface area contributed by atoms with Gasteiger partial charge in [0.15, 0.2) is 0 Å². The third kappa shape index (κ3) is 9.70. The van der Waals surface area contributed by atoms with Crippen LogP contribution < -0.4 is 16.8 Å². The monoisotopic (exact) mass is 732 g/mol. The Morgan fingerprint density at radius 2 is 1.39 bits per heavy atom. The lowest BCUT2D eigenvalue weighted by Crippen LogP contribution is -2.70. The molecule has 0 spiro atoms. The molecule has 0 saturated carbocycles. The Morgan fingerprint density at radius 3 is 1.59 bits per heavy atom. The maximum Gasteiger partial charge on any atom is 0.431 e. The number of nitrogens with one attached hydrogen (secondary N) is 1. The Kier molecular flexibility index (Phi) is 14.4. The van der Waals surface area contributed by atoms with Crippen LogP contribution in [-0.4, -0.2) is 122 Å². The summed E-state index contributed by atoms with van der Waals surface area (Å²) in [5.41, 5.74) is 1.32. The van der Waals surface area contributed by atoms with Crippen LogP contribution in [0.15, 0.2) is 30.3 Å². The van der Waals surface area contributed by atoms with Crippen molar-refractivity contribution in [1.82, 2.24) is 10.2 Å². The van der Waals surface area contributed by atoms with Gasteiger partial charge in [0.1, 0.15) is 5.54 Å². The van der Waals surface area contributed by atoms with Crippen LogP contribution in [0.25, 0.3) is 0 Å². The van der Waals surface area contributed by atoms with Crippen LogP contribution in [0.3, 0.4) is 0 Å². The summed E-state index contributed by atoms with van der Waals surface area (Å²) in [4.78, 5) is 31.9. The highest BCUT2D eigenvalue weighted by molar-refractivity contribution is 5.81. The van der Waals surface area contributed by atoms with Crippen LogP contribution in [-0.2, 0) is 19.1 Å². The number of carbonyl (C=O) groups is 3. The third-order valence-electron chi connectivity index (χ3n) is 7.93. The summed E-state index contributed by atoms with van der Waals surface area (Å²) in [5, 5.41) is 43.1. The molecule has 0 aromatic heterocycles. The molecule has 1 unspecified atom stereocenters. The number of rotatable bonds is 8. The SMILES string of the molecule is C[C@@](N)(CCO)C(=O)O.FC(F)(F)C12CCN1[C@H](c1ccccc1)CO2.N[C@@](CCO)(C(=O)O)C(F)(F)F.O=C(O)[C@@]1(C(F)(F)F)CCN1. The van der Waals surface area contributed by atoms with Gasteiger partial charge >= 0.3 is 36.4 Å². The average Bonchev–Trinajstić information content (AvgIpc) is 3.18. The number of halogens is 9. The van der Waals surface area contributed by atoms with Crippen molar-refractivity contribution >= 4 is 17.9 Å². The quantitative estimate of drug-likeness (QED) is 0.179. The molecule has 3 aliphatic rings. The van der Waals surface area contributed by atoms with E-state index in [2.05, 4.69) is 5.73 Å². The zero-order valence-corrected chi connectivity index (χ0v) is 25.7. The van der Waals surface area contributed by atoms with Crippen LogP contribution in [0.5, 0.6) is 0 Å². The molecule has 5 atom stereocenters. The molecular weight excluding hydrogens is 695 g/mol. The van der Waals surface area contributed by atoms with Crippen molar-refractivity contribution in [2.24, 2.45) is 11.5 Å². The van der Waals surface area contributed by atoms with Gasteiger partial charge in [0.2, 0.25) is 16.8 Å². The number of ether oxygens (including phenoxy) is 1. The Hall–Kier alpha value is -3.28. The highest BCUT2D eigenvalue weighted by Gasteiger charge is 2.69. The summed E-state index contributed by atoms with van der Waals surface area (Å²) < 4.78 is 116. The highest BCUT2D eigenvalue weighted by Crippen LogP contribution is 2.53. The van der Waals surface area contributed by atoms with Crippen molar-refractivity contribution in [3.05, 3.63) is 35.9 Å². The summed E-state index contributed by atoms with van der Waals surface area (Å²) >= 11 is 0. The molecule has 0 aliphatic carbocycles. The molecule has 3 fully saturated rings. The van der Waals surface area contributed by atoms with E-state index in [9.17, 15) is 53.9 Å². The first-order valence-corrected chi connectivity index (χ1v) is 14.1. The minimum atomic E-state index is -5.05. The largest absolute Gasteiger partial charge is 0.480 e. The molecule has 1 aromatic carbocycles. The van der Waals surface area contributed by atoms with E-state index in [4.69, 9.17) is 36.0 Å². The molecule has 0 bridgehead atoms. The molecule has 49 heavy (non-hydrogen) atoms. The first-order chi connectivity index (χ1) is 22.2. The third-order valence-corrected chi connectivity index (χ3v) is 7.93. The second-order valence-corrected chi connectivity index (χ2v) is 11.3. The zero-order chi connectivity index (χ0) is 38.3. The predicted molar refractivity (Wildman–Crippen MR) is 149 cm³/mol. The molecule has 13 nitrogen and oxygen atoms in total. The van der Waals surface area contributed by atoms with E-state index in [1.165, 1.54) is 11.8 Å². The van der Waals surface area contributed by atoms with Gasteiger partial charge in [0.05, 0.1) is 12.6 Å². The molecule has 3 heterocycles. The van der Waals surface area contributed by atoms with Gasteiger partial charge in [-0.2, -0.15) is 39.5 Å². The number of nitrogens with two attached hydrogens (primary N) is 2. The summed E-state index contributed by atoms with van der Waals surface area (Å²) in [5.74, 6) is -5.13. The number of fused-ring (bicyclic) bond motifs is 1. The Balaban J connectivity index is 0.000000338. The fourth-order valence-electron chi connectivity index (χ4n) is 4.46. The zero-order valence-electron chi connectivity index (χ0n) is 25.7. The van der Waals surface area contributed by atoms with E-state index in [1.54, 1.807) is 0 Å². The summed E-state index contributed by atoms with van der Waals surface area (Å²) in [6.07, 6.45) is -15.4. The number of alkyl halides is 9. The van der Waals surface area contributed by atoms with Crippen molar-refractivity contribution in [3.8, 4) is 0 Å². The van der Waals surface area contributed by atoms with E-state index >= 15 is 0 Å². The van der Waals surface area contributed by atoms with Gasteiger partial charge in [-0.25, -0.2) is 9.59 Å². The van der Waals surface area contributed by atoms with Gasteiger partial charge in [-0.05, 0) is 31.9 Å².